The Hall–Kier alpha value is -1.97. The Morgan fingerprint density at radius 1 is 1.08 bits per heavy atom. The number of fused-ring (bicyclic) bond motifs is 1. The van der Waals surface area contributed by atoms with Crippen LogP contribution in [0.3, 0.4) is 0 Å². The van der Waals surface area contributed by atoms with Gasteiger partial charge in [0.15, 0.2) is 17.0 Å². The second kappa shape index (κ2) is 7.73. The quantitative estimate of drug-likeness (QED) is 0.553. The van der Waals surface area contributed by atoms with Crippen LogP contribution in [0.15, 0.2) is 9.59 Å². The van der Waals surface area contributed by atoms with E-state index in [4.69, 9.17) is 9.72 Å². The Balaban J connectivity index is 2.01. The van der Waals surface area contributed by atoms with Crippen LogP contribution in [0.25, 0.3) is 11.2 Å². The molecule has 9 nitrogen and oxygen atoms in total. The predicted molar refractivity (Wildman–Crippen MR) is 97.7 cm³/mol. The first-order valence-electron chi connectivity index (χ1n) is 9.29. The van der Waals surface area contributed by atoms with E-state index in [0.29, 0.717) is 24.3 Å². The first-order valence-corrected chi connectivity index (χ1v) is 9.29. The molecule has 0 unspecified atom stereocenters. The number of hydrogen-bond acceptors (Lipinski definition) is 4. The van der Waals surface area contributed by atoms with Gasteiger partial charge in [0.05, 0.1) is 13.2 Å². The third-order valence-electron chi connectivity index (χ3n) is 5.52. The highest BCUT2D eigenvalue weighted by Gasteiger charge is 2.26. The van der Waals surface area contributed by atoms with Gasteiger partial charge in [0, 0.05) is 27.7 Å². The number of aromatic nitrogens is 4. The van der Waals surface area contributed by atoms with Crippen molar-refractivity contribution in [1.82, 2.24) is 18.7 Å². The zero-order valence-electron chi connectivity index (χ0n) is 16.2. The zero-order chi connectivity index (χ0) is 18.8. The molecular formula is C17H30N6O3+2. The van der Waals surface area contributed by atoms with Crippen LogP contribution in [0.2, 0.25) is 0 Å². The van der Waals surface area contributed by atoms with Crippen LogP contribution in [-0.2, 0) is 31.9 Å². The van der Waals surface area contributed by atoms with E-state index in [9.17, 15) is 9.59 Å². The number of imidazole rings is 1. The van der Waals surface area contributed by atoms with Crippen LogP contribution in [-0.4, -0.2) is 65.1 Å². The highest BCUT2D eigenvalue weighted by atomic mass is 16.5. The molecule has 26 heavy (non-hydrogen) atoms. The summed E-state index contributed by atoms with van der Waals surface area (Å²) in [5.41, 5.74) is 0.298. The van der Waals surface area contributed by atoms with Gasteiger partial charge in [-0.1, -0.05) is 0 Å². The van der Waals surface area contributed by atoms with Crippen molar-refractivity contribution in [1.29, 1.82) is 0 Å². The average Bonchev–Trinajstić information content (AvgIpc) is 3.01. The van der Waals surface area contributed by atoms with Crippen LogP contribution in [0.5, 0.6) is 0 Å². The van der Waals surface area contributed by atoms with Crippen molar-refractivity contribution in [3.63, 3.8) is 0 Å². The maximum Gasteiger partial charge on any atom is 0.332 e. The van der Waals surface area contributed by atoms with Crippen molar-refractivity contribution >= 4 is 11.2 Å². The number of rotatable bonds is 6. The fourth-order valence-corrected chi connectivity index (χ4v) is 3.76. The molecule has 0 atom stereocenters. The lowest BCUT2D eigenvalue weighted by Crippen LogP contribution is -3.27. The molecule has 2 aromatic rings. The molecule has 0 aliphatic carbocycles. The Bertz CT molecular complexity index is 889. The van der Waals surface area contributed by atoms with E-state index in [-0.39, 0.29) is 11.2 Å². The fraction of sp³-hybridized carbons (Fsp3) is 0.706. The van der Waals surface area contributed by atoms with Crippen LogP contribution in [0.1, 0.15) is 12.7 Å². The van der Waals surface area contributed by atoms with Crippen molar-refractivity contribution in [3.05, 3.63) is 26.7 Å². The van der Waals surface area contributed by atoms with Crippen LogP contribution in [0, 0.1) is 0 Å². The third kappa shape index (κ3) is 3.34. The lowest BCUT2D eigenvalue weighted by molar-refractivity contribution is -1.02. The Labute approximate surface area is 152 Å². The topological polar surface area (TPSA) is 79.9 Å². The fourth-order valence-electron chi connectivity index (χ4n) is 3.76. The standard InChI is InChI=1S/C17H28N6O3/c1-5-21-6-8-22(9-7-21)12-13-18-15-14(23(13)10-11-26-4)16(24)20(3)17(25)19(15)2/h5-12H2,1-4H3/p+2. The lowest BCUT2D eigenvalue weighted by Gasteiger charge is -2.28. The largest absolute Gasteiger partial charge is 0.383 e. The molecule has 0 bridgehead atoms. The van der Waals surface area contributed by atoms with E-state index < -0.39 is 0 Å². The van der Waals surface area contributed by atoms with E-state index in [2.05, 4.69) is 6.92 Å². The molecule has 1 aliphatic rings. The van der Waals surface area contributed by atoms with Gasteiger partial charge in [0.1, 0.15) is 32.7 Å². The third-order valence-corrected chi connectivity index (χ3v) is 5.52. The minimum absolute atomic E-state index is 0.298. The molecule has 9 heteroatoms. The second-order valence-corrected chi connectivity index (χ2v) is 7.08. The van der Waals surface area contributed by atoms with Gasteiger partial charge in [0.25, 0.3) is 5.56 Å². The molecule has 0 radical (unpaired) electrons. The molecular weight excluding hydrogens is 336 g/mol. The van der Waals surface area contributed by atoms with Crippen molar-refractivity contribution in [2.45, 2.75) is 20.0 Å². The van der Waals surface area contributed by atoms with E-state index in [0.717, 1.165) is 49.7 Å². The molecule has 0 aromatic carbocycles. The molecule has 3 rings (SSSR count). The van der Waals surface area contributed by atoms with Crippen molar-refractivity contribution < 1.29 is 14.5 Å². The number of likely N-dealkylation sites (N-methyl/N-ethyl adjacent to an activating group) is 1. The molecule has 1 fully saturated rings. The minimum atomic E-state index is -0.349. The molecule has 0 saturated carbocycles. The molecule has 2 N–H and O–H groups in total. The second-order valence-electron chi connectivity index (χ2n) is 7.08. The van der Waals surface area contributed by atoms with E-state index in [1.807, 2.05) is 4.57 Å². The highest BCUT2D eigenvalue weighted by molar-refractivity contribution is 5.71. The molecule has 2 aromatic heterocycles. The van der Waals surface area contributed by atoms with Gasteiger partial charge in [-0.2, -0.15) is 0 Å². The van der Waals surface area contributed by atoms with Crippen molar-refractivity contribution in [2.75, 3.05) is 46.4 Å². The molecule has 1 saturated heterocycles. The number of methoxy groups -OCH3 is 1. The number of quaternary nitrogens is 2. The Morgan fingerprint density at radius 3 is 2.35 bits per heavy atom. The average molecular weight is 366 g/mol. The summed E-state index contributed by atoms with van der Waals surface area (Å²) in [5.74, 6) is 0.852. The van der Waals surface area contributed by atoms with E-state index in [1.165, 1.54) is 16.5 Å². The van der Waals surface area contributed by atoms with Gasteiger partial charge in [-0.25, -0.2) is 9.78 Å². The number of nitrogens with one attached hydrogen (secondary N) is 2. The summed E-state index contributed by atoms with van der Waals surface area (Å²) in [6, 6.07) is 0. The summed E-state index contributed by atoms with van der Waals surface area (Å²) in [6.07, 6.45) is 0. The molecule has 1 aliphatic heterocycles. The summed E-state index contributed by atoms with van der Waals surface area (Å²) in [5, 5.41) is 0. The summed E-state index contributed by atoms with van der Waals surface area (Å²) >= 11 is 0. The van der Waals surface area contributed by atoms with Gasteiger partial charge in [-0.05, 0) is 6.92 Å². The number of aryl methyl sites for hydroxylation is 1. The maximum atomic E-state index is 12.7. The van der Waals surface area contributed by atoms with Crippen LogP contribution < -0.4 is 21.0 Å². The van der Waals surface area contributed by atoms with Gasteiger partial charge in [-0.15, -0.1) is 0 Å². The van der Waals surface area contributed by atoms with Crippen molar-refractivity contribution in [3.8, 4) is 0 Å². The van der Waals surface area contributed by atoms with Crippen LogP contribution in [0.4, 0.5) is 0 Å². The summed E-state index contributed by atoms with van der Waals surface area (Å²) in [4.78, 5) is 32.7. The van der Waals surface area contributed by atoms with Gasteiger partial charge in [-0.3, -0.25) is 13.9 Å². The normalized spacial score (nSPS) is 20.8. The molecule has 3 heterocycles. The maximum absolute atomic E-state index is 12.7. The van der Waals surface area contributed by atoms with Gasteiger partial charge >= 0.3 is 5.69 Å². The Morgan fingerprint density at radius 2 is 1.73 bits per heavy atom. The van der Waals surface area contributed by atoms with E-state index >= 15 is 0 Å². The van der Waals surface area contributed by atoms with Gasteiger partial charge < -0.3 is 19.1 Å². The first-order chi connectivity index (χ1) is 12.5. The number of ether oxygens (including phenoxy) is 1. The first kappa shape index (κ1) is 18.8. The highest BCUT2D eigenvalue weighted by Crippen LogP contribution is 2.10. The van der Waals surface area contributed by atoms with Crippen LogP contribution >= 0.6 is 0 Å². The monoisotopic (exact) mass is 366 g/mol. The van der Waals surface area contributed by atoms with Gasteiger partial charge in [0.2, 0.25) is 0 Å². The summed E-state index contributed by atoms with van der Waals surface area (Å²) < 4.78 is 9.77. The number of hydrogen-bond donors (Lipinski definition) is 2. The predicted octanol–water partition coefficient (Wildman–Crippen LogP) is -3.62. The summed E-state index contributed by atoms with van der Waals surface area (Å²) in [6.45, 7) is 9.68. The van der Waals surface area contributed by atoms with Crippen molar-refractivity contribution in [2.24, 2.45) is 14.1 Å². The summed E-state index contributed by atoms with van der Waals surface area (Å²) in [7, 11) is 4.82. The lowest BCUT2D eigenvalue weighted by atomic mass is 10.3. The SMILES string of the molecule is CC[NH+]1CC[NH+](Cc2nc3c(c(=O)n(C)c(=O)n3C)n2CCOC)CC1. The number of nitrogens with zero attached hydrogens (tertiary/aromatic N) is 4. The molecule has 0 spiro atoms. The Kier molecular flexibility index (Phi) is 5.59. The molecule has 0 amide bonds. The zero-order valence-corrected chi connectivity index (χ0v) is 16.2. The number of piperazine rings is 1. The molecule has 144 valence electrons. The minimum Gasteiger partial charge on any atom is -0.383 e. The van der Waals surface area contributed by atoms with E-state index in [1.54, 1.807) is 19.1 Å². The smallest absolute Gasteiger partial charge is 0.332 e.